The third-order valence-corrected chi connectivity index (χ3v) is 4.95. The summed E-state index contributed by atoms with van der Waals surface area (Å²) in [5.74, 6) is -0.0474. The van der Waals surface area contributed by atoms with Crippen molar-refractivity contribution in [3.8, 4) is 0 Å². The molecule has 1 fully saturated rings. The van der Waals surface area contributed by atoms with Gasteiger partial charge in [0.1, 0.15) is 0 Å². The van der Waals surface area contributed by atoms with Crippen molar-refractivity contribution in [1.82, 2.24) is 19.6 Å². The van der Waals surface area contributed by atoms with E-state index in [2.05, 4.69) is 10.3 Å². The zero-order valence-corrected chi connectivity index (χ0v) is 15.0. The number of imidazole rings is 1. The fourth-order valence-electron chi connectivity index (χ4n) is 3.51. The zero-order valence-electron chi connectivity index (χ0n) is 15.0. The molecule has 6 heteroatoms. The van der Waals surface area contributed by atoms with E-state index in [1.165, 1.54) is 6.42 Å². The lowest BCUT2D eigenvalue weighted by Crippen LogP contribution is -2.37. The second-order valence-corrected chi connectivity index (χ2v) is 6.53. The number of hydrogen-bond donors (Lipinski definition) is 1. The van der Waals surface area contributed by atoms with Gasteiger partial charge in [-0.2, -0.15) is 0 Å². The maximum atomic E-state index is 12.8. The number of hydrogen-bond acceptors (Lipinski definition) is 3. The standard InChI is InChI=1S/C19H26N4O2/c1-3-22(4-2)19(25)16-15-12-8-9-13-23(15)17(21-16)18(24)20-14-10-6-5-7-11-14/h8-9,12-14H,3-7,10-11H2,1-2H3,(H,20,24). The number of carbonyl (C=O) groups excluding carboxylic acids is 2. The number of nitrogens with one attached hydrogen (secondary N) is 1. The summed E-state index contributed by atoms with van der Waals surface area (Å²) in [4.78, 5) is 31.7. The van der Waals surface area contributed by atoms with Crippen LogP contribution in [0.5, 0.6) is 0 Å². The molecular weight excluding hydrogens is 316 g/mol. The number of nitrogens with zero attached hydrogens (tertiary/aromatic N) is 3. The van der Waals surface area contributed by atoms with Crippen LogP contribution in [-0.4, -0.2) is 45.2 Å². The minimum atomic E-state index is -0.202. The second kappa shape index (κ2) is 7.68. The lowest BCUT2D eigenvalue weighted by atomic mass is 9.95. The number of carbonyl (C=O) groups is 2. The van der Waals surface area contributed by atoms with Crippen molar-refractivity contribution in [2.45, 2.75) is 52.0 Å². The lowest BCUT2D eigenvalue weighted by molar-refractivity contribution is 0.0769. The number of rotatable bonds is 5. The van der Waals surface area contributed by atoms with Crippen LogP contribution in [0.2, 0.25) is 0 Å². The van der Waals surface area contributed by atoms with E-state index in [-0.39, 0.29) is 23.7 Å². The van der Waals surface area contributed by atoms with Crippen molar-refractivity contribution in [3.63, 3.8) is 0 Å². The van der Waals surface area contributed by atoms with Gasteiger partial charge in [-0.15, -0.1) is 0 Å². The molecule has 1 saturated carbocycles. The minimum absolute atomic E-state index is 0.134. The monoisotopic (exact) mass is 342 g/mol. The van der Waals surface area contributed by atoms with Gasteiger partial charge in [-0.05, 0) is 38.8 Å². The van der Waals surface area contributed by atoms with E-state index in [9.17, 15) is 9.59 Å². The van der Waals surface area contributed by atoms with Crippen LogP contribution in [0.3, 0.4) is 0 Å². The number of fused-ring (bicyclic) bond motifs is 1. The third kappa shape index (κ3) is 3.52. The van der Waals surface area contributed by atoms with Crippen LogP contribution in [0.1, 0.15) is 67.1 Å². The molecule has 0 unspecified atom stereocenters. The maximum absolute atomic E-state index is 12.8. The van der Waals surface area contributed by atoms with Gasteiger partial charge in [-0.3, -0.25) is 14.0 Å². The highest BCUT2D eigenvalue weighted by molar-refractivity contribution is 6.02. The molecule has 134 valence electrons. The molecule has 1 aliphatic carbocycles. The Morgan fingerprint density at radius 3 is 2.60 bits per heavy atom. The van der Waals surface area contributed by atoms with E-state index in [1.54, 1.807) is 15.5 Å². The van der Waals surface area contributed by atoms with Crippen molar-refractivity contribution >= 4 is 17.3 Å². The minimum Gasteiger partial charge on any atom is -0.347 e. The van der Waals surface area contributed by atoms with Crippen LogP contribution in [0, 0.1) is 0 Å². The van der Waals surface area contributed by atoms with E-state index in [4.69, 9.17) is 0 Å². The van der Waals surface area contributed by atoms with Gasteiger partial charge in [-0.1, -0.05) is 25.3 Å². The molecular formula is C19H26N4O2. The summed E-state index contributed by atoms with van der Waals surface area (Å²) < 4.78 is 1.72. The molecule has 2 aromatic rings. The van der Waals surface area contributed by atoms with Crippen LogP contribution >= 0.6 is 0 Å². The van der Waals surface area contributed by atoms with Crippen LogP contribution in [-0.2, 0) is 0 Å². The summed E-state index contributed by atoms with van der Waals surface area (Å²) >= 11 is 0. The topological polar surface area (TPSA) is 66.7 Å². The Morgan fingerprint density at radius 2 is 1.92 bits per heavy atom. The molecule has 1 N–H and O–H groups in total. The van der Waals surface area contributed by atoms with E-state index >= 15 is 0 Å². The first kappa shape index (κ1) is 17.5. The first-order valence-corrected chi connectivity index (χ1v) is 9.22. The first-order valence-electron chi connectivity index (χ1n) is 9.22. The van der Waals surface area contributed by atoms with Crippen LogP contribution < -0.4 is 5.32 Å². The summed E-state index contributed by atoms with van der Waals surface area (Å²) in [6.07, 6.45) is 7.36. The highest BCUT2D eigenvalue weighted by atomic mass is 16.2. The molecule has 0 spiro atoms. The number of pyridine rings is 1. The van der Waals surface area contributed by atoms with E-state index in [1.807, 2.05) is 32.0 Å². The van der Waals surface area contributed by atoms with Crippen LogP contribution in [0.15, 0.2) is 24.4 Å². The van der Waals surface area contributed by atoms with Gasteiger partial charge >= 0.3 is 0 Å². The molecule has 0 atom stereocenters. The first-order chi connectivity index (χ1) is 12.2. The molecule has 2 heterocycles. The summed E-state index contributed by atoms with van der Waals surface area (Å²) in [5, 5.41) is 3.09. The van der Waals surface area contributed by atoms with E-state index < -0.39 is 0 Å². The normalized spacial score (nSPS) is 15.3. The largest absolute Gasteiger partial charge is 0.347 e. The summed E-state index contributed by atoms with van der Waals surface area (Å²) in [7, 11) is 0. The Balaban J connectivity index is 1.93. The maximum Gasteiger partial charge on any atom is 0.287 e. The summed E-state index contributed by atoms with van der Waals surface area (Å²) in [6, 6.07) is 5.75. The van der Waals surface area contributed by atoms with Crippen molar-refractivity contribution in [2.24, 2.45) is 0 Å². The SMILES string of the molecule is CCN(CC)C(=O)c1nc(C(=O)NC2CCCCC2)n2ccccc12. The van der Waals surface area contributed by atoms with Crippen molar-refractivity contribution in [2.75, 3.05) is 13.1 Å². The van der Waals surface area contributed by atoms with Gasteiger partial charge in [0.25, 0.3) is 11.8 Å². The van der Waals surface area contributed by atoms with Crippen molar-refractivity contribution in [3.05, 3.63) is 35.9 Å². The smallest absolute Gasteiger partial charge is 0.287 e. The summed E-state index contributed by atoms with van der Waals surface area (Å²) in [6.45, 7) is 5.11. The summed E-state index contributed by atoms with van der Waals surface area (Å²) in [5.41, 5.74) is 1.02. The Hall–Kier alpha value is -2.37. The van der Waals surface area contributed by atoms with Gasteiger partial charge in [0, 0.05) is 25.3 Å². The predicted molar refractivity (Wildman–Crippen MR) is 96.8 cm³/mol. The molecule has 0 saturated heterocycles. The predicted octanol–water partition coefficient (Wildman–Crippen LogP) is 2.88. The van der Waals surface area contributed by atoms with E-state index in [0.717, 1.165) is 25.7 Å². The van der Waals surface area contributed by atoms with Gasteiger partial charge in [0.05, 0.1) is 5.52 Å². The Labute approximate surface area is 148 Å². The molecule has 0 bridgehead atoms. The molecule has 0 aromatic carbocycles. The van der Waals surface area contributed by atoms with Crippen LogP contribution in [0.25, 0.3) is 5.52 Å². The molecule has 0 radical (unpaired) electrons. The quantitative estimate of drug-likeness (QED) is 0.908. The van der Waals surface area contributed by atoms with Crippen molar-refractivity contribution in [1.29, 1.82) is 0 Å². The molecule has 6 nitrogen and oxygen atoms in total. The van der Waals surface area contributed by atoms with Crippen LogP contribution in [0.4, 0.5) is 0 Å². The average Bonchev–Trinajstić information content (AvgIpc) is 3.03. The molecule has 3 rings (SSSR count). The number of aromatic nitrogens is 2. The Kier molecular flexibility index (Phi) is 5.36. The van der Waals surface area contributed by atoms with Crippen molar-refractivity contribution < 1.29 is 9.59 Å². The second-order valence-electron chi connectivity index (χ2n) is 6.53. The Morgan fingerprint density at radius 1 is 1.20 bits per heavy atom. The molecule has 2 aromatic heterocycles. The van der Waals surface area contributed by atoms with E-state index in [0.29, 0.717) is 24.3 Å². The third-order valence-electron chi connectivity index (χ3n) is 4.95. The fraction of sp³-hybridized carbons (Fsp3) is 0.526. The highest BCUT2D eigenvalue weighted by Gasteiger charge is 2.25. The van der Waals surface area contributed by atoms with Gasteiger partial charge in [0.2, 0.25) is 5.82 Å². The molecule has 1 aliphatic rings. The average molecular weight is 342 g/mol. The molecule has 0 aliphatic heterocycles. The lowest BCUT2D eigenvalue weighted by Gasteiger charge is -2.22. The zero-order chi connectivity index (χ0) is 17.8. The molecule has 2 amide bonds. The molecule has 25 heavy (non-hydrogen) atoms. The van der Waals surface area contributed by atoms with Gasteiger partial charge < -0.3 is 10.2 Å². The fourth-order valence-corrected chi connectivity index (χ4v) is 3.51. The highest BCUT2D eigenvalue weighted by Crippen LogP contribution is 2.19. The van der Waals surface area contributed by atoms with Gasteiger partial charge in [-0.25, -0.2) is 4.98 Å². The Bertz CT molecular complexity index is 758. The van der Waals surface area contributed by atoms with Gasteiger partial charge in [0.15, 0.2) is 5.69 Å². The number of amides is 2.